The van der Waals surface area contributed by atoms with Crippen molar-refractivity contribution in [1.29, 1.82) is 0 Å². The van der Waals surface area contributed by atoms with Crippen molar-refractivity contribution in [3.05, 3.63) is 65.9 Å². The Morgan fingerprint density at radius 1 is 1.14 bits per heavy atom. The monoisotopic (exact) mass is 378 g/mol. The average molecular weight is 378 g/mol. The van der Waals surface area contributed by atoms with E-state index in [1.54, 1.807) is 0 Å². The van der Waals surface area contributed by atoms with E-state index in [-0.39, 0.29) is 18.4 Å². The van der Waals surface area contributed by atoms with E-state index >= 15 is 0 Å². The zero-order valence-corrected chi connectivity index (χ0v) is 15.7. The minimum Gasteiger partial charge on any atom is -0.480 e. The van der Waals surface area contributed by atoms with Crippen LogP contribution in [0.4, 0.5) is 5.69 Å². The van der Waals surface area contributed by atoms with Crippen LogP contribution in [0.5, 0.6) is 0 Å². The molecule has 1 amide bonds. The third-order valence-corrected chi connectivity index (χ3v) is 5.39. The molecule has 28 heavy (non-hydrogen) atoms. The van der Waals surface area contributed by atoms with Gasteiger partial charge in [0.05, 0.1) is 12.8 Å². The fourth-order valence-electron chi connectivity index (χ4n) is 4.18. The van der Waals surface area contributed by atoms with Crippen molar-refractivity contribution in [3.8, 4) is 0 Å². The van der Waals surface area contributed by atoms with Gasteiger partial charge in [0.2, 0.25) is 0 Å². The normalized spacial score (nSPS) is 16.0. The molecule has 1 aliphatic rings. The smallest absolute Gasteiger partial charge is 0.323 e. The molecule has 6 nitrogen and oxygen atoms in total. The van der Waals surface area contributed by atoms with Gasteiger partial charge in [0, 0.05) is 22.5 Å². The van der Waals surface area contributed by atoms with Crippen molar-refractivity contribution in [2.24, 2.45) is 5.92 Å². The zero-order valence-electron chi connectivity index (χ0n) is 15.7. The Labute approximate surface area is 162 Å². The first-order chi connectivity index (χ1) is 13.6. The Kier molecular flexibility index (Phi) is 4.88. The van der Waals surface area contributed by atoms with Gasteiger partial charge in [0.25, 0.3) is 5.91 Å². The summed E-state index contributed by atoms with van der Waals surface area (Å²) in [6.45, 7) is -0.0668. The van der Waals surface area contributed by atoms with Crippen LogP contribution in [0.1, 0.15) is 17.7 Å². The van der Waals surface area contributed by atoms with Gasteiger partial charge in [-0.15, -0.1) is 0 Å². The van der Waals surface area contributed by atoms with Crippen molar-refractivity contribution >= 4 is 28.5 Å². The highest BCUT2D eigenvalue weighted by Crippen LogP contribution is 2.35. The number of carboxylic acid groups (broad SMARTS) is 1. The highest BCUT2D eigenvalue weighted by atomic mass is 16.7. The molecule has 2 aromatic carbocycles. The number of carboxylic acids is 1. The lowest BCUT2D eigenvalue weighted by molar-refractivity contribution is -0.137. The number of hydrogen-bond donors (Lipinski definition) is 1. The van der Waals surface area contributed by atoms with Crippen LogP contribution in [0.25, 0.3) is 10.9 Å². The van der Waals surface area contributed by atoms with Gasteiger partial charge in [0.1, 0.15) is 6.54 Å². The summed E-state index contributed by atoms with van der Waals surface area (Å²) in [7, 11) is 1.50. The summed E-state index contributed by atoms with van der Waals surface area (Å²) in [5, 5.41) is 11.7. The maximum Gasteiger partial charge on any atom is 0.323 e. The molecule has 0 fully saturated rings. The molecular weight excluding hydrogens is 356 g/mol. The molecule has 3 aromatic rings. The van der Waals surface area contributed by atoms with Gasteiger partial charge in [-0.1, -0.05) is 36.4 Å². The summed E-state index contributed by atoms with van der Waals surface area (Å²) in [6, 6.07) is 17.1. The van der Waals surface area contributed by atoms with Gasteiger partial charge in [-0.25, -0.2) is 0 Å². The first-order valence-corrected chi connectivity index (χ1v) is 9.34. The summed E-state index contributed by atoms with van der Waals surface area (Å²) in [5.41, 5.74) is 3.71. The number of aromatic nitrogens is 1. The molecule has 6 heteroatoms. The molecular formula is C22H22N2O4. The topological polar surface area (TPSA) is 71.8 Å². The molecule has 144 valence electrons. The quantitative estimate of drug-likeness (QED) is 0.691. The first-order valence-electron chi connectivity index (χ1n) is 9.34. The van der Waals surface area contributed by atoms with Crippen LogP contribution in [-0.2, 0) is 33.8 Å². The number of fused-ring (bicyclic) bond motifs is 3. The number of amides is 1. The fraction of sp³-hybridized carbons (Fsp3) is 0.273. The van der Waals surface area contributed by atoms with Gasteiger partial charge in [0.15, 0.2) is 0 Å². The van der Waals surface area contributed by atoms with Crippen molar-refractivity contribution in [2.45, 2.75) is 25.8 Å². The van der Waals surface area contributed by atoms with E-state index in [0.29, 0.717) is 24.9 Å². The second-order valence-corrected chi connectivity index (χ2v) is 7.01. The van der Waals surface area contributed by atoms with Crippen molar-refractivity contribution < 1.29 is 19.5 Å². The van der Waals surface area contributed by atoms with Crippen molar-refractivity contribution in [3.63, 3.8) is 0 Å². The highest BCUT2D eigenvalue weighted by molar-refractivity contribution is 5.95. The molecule has 0 bridgehead atoms. The largest absolute Gasteiger partial charge is 0.480 e. The Morgan fingerprint density at radius 2 is 1.86 bits per heavy atom. The van der Waals surface area contributed by atoms with Gasteiger partial charge in [-0.3, -0.25) is 14.4 Å². The lowest BCUT2D eigenvalue weighted by Gasteiger charge is -2.28. The number of benzene rings is 2. The average Bonchev–Trinajstić information content (AvgIpc) is 3.02. The molecule has 0 saturated carbocycles. The standard InChI is InChI=1S/C22H22N2O4/c1-28-24(16-7-3-2-4-8-16)22(27)15-11-12-20-18(13-15)17-9-5-6-10-19(17)23(20)14-21(25)26/h2-10,15H,11-14H2,1H3,(H,25,26). The first kappa shape index (κ1) is 18.3. The fourth-order valence-corrected chi connectivity index (χ4v) is 4.18. The van der Waals surface area contributed by atoms with Crippen LogP contribution < -0.4 is 5.06 Å². The van der Waals surface area contributed by atoms with Crippen LogP contribution >= 0.6 is 0 Å². The Morgan fingerprint density at radius 3 is 2.57 bits per heavy atom. The van der Waals surface area contributed by atoms with Crippen LogP contribution in [0.3, 0.4) is 0 Å². The van der Waals surface area contributed by atoms with E-state index in [9.17, 15) is 14.7 Å². The van der Waals surface area contributed by atoms with Gasteiger partial charge >= 0.3 is 5.97 Å². The summed E-state index contributed by atoms with van der Waals surface area (Å²) >= 11 is 0. The predicted octanol–water partition coefficient (Wildman–Crippen LogP) is 3.43. The Hall–Kier alpha value is -3.12. The lowest BCUT2D eigenvalue weighted by Crippen LogP contribution is -2.38. The summed E-state index contributed by atoms with van der Waals surface area (Å²) in [6.07, 6.45) is 1.91. The van der Waals surface area contributed by atoms with E-state index in [0.717, 1.165) is 22.2 Å². The number of para-hydroxylation sites is 2. The Balaban J connectivity index is 1.68. The maximum absolute atomic E-state index is 13.2. The summed E-state index contributed by atoms with van der Waals surface area (Å²) in [5.74, 6) is -1.15. The van der Waals surface area contributed by atoms with E-state index in [1.807, 2.05) is 59.2 Å². The van der Waals surface area contributed by atoms with Crippen LogP contribution in [0.15, 0.2) is 54.6 Å². The van der Waals surface area contributed by atoms with E-state index < -0.39 is 5.97 Å². The van der Waals surface area contributed by atoms with Gasteiger partial charge in [-0.2, -0.15) is 5.06 Å². The van der Waals surface area contributed by atoms with Crippen molar-refractivity contribution in [1.82, 2.24) is 4.57 Å². The number of rotatable bonds is 5. The molecule has 1 heterocycles. The molecule has 0 spiro atoms. The van der Waals surface area contributed by atoms with E-state index in [4.69, 9.17) is 4.84 Å². The number of carbonyl (C=O) groups excluding carboxylic acids is 1. The van der Waals surface area contributed by atoms with Gasteiger partial charge < -0.3 is 9.67 Å². The molecule has 1 aromatic heterocycles. The number of hydroxylamine groups is 1. The number of hydrogen-bond acceptors (Lipinski definition) is 3. The molecule has 1 unspecified atom stereocenters. The molecule has 0 aliphatic heterocycles. The van der Waals surface area contributed by atoms with E-state index in [1.165, 1.54) is 12.2 Å². The molecule has 0 saturated heterocycles. The molecule has 1 aliphatic carbocycles. The van der Waals surface area contributed by atoms with E-state index in [2.05, 4.69) is 0 Å². The number of anilines is 1. The third-order valence-electron chi connectivity index (χ3n) is 5.39. The molecule has 1 atom stereocenters. The van der Waals surface area contributed by atoms with Crippen LogP contribution in [0, 0.1) is 5.92 Å². The van der Waals surface area contributed by atoms with Crippen LogP contribution in [-0.4, -0.2) is 28.7 Å². The Bertz CT molecular complexity index is 1030. The maximum atomic E-state index is 13.2. The molecule has 4 rings (SSSR count). The summed E-state index contributed by atoms with van der Waals surface area (Å²) < 4.78 is 1.87. The second kappa shape index (κ2) is 7.48. The predicted molar refractivity (Wildman–Crippen MR) is 106 cm³/mol. The molecule has 1 N–H and O–H groups in total. The van der Waals surface area contributed by atoms with Crippen LogP contribution in [0.2, 0.25) is 0 Å². The van der Waals surface area contributed by atoms with Crippen molar-refractivity contribution in [2.75, 3.05) is 12.2 Å². The second-order valence-electron chi connectivity index (χ2n) is 7.01. The lowest BCUT2D eigenvalue weighted by atomic mass is 9.85. The number of aliphatic carboxylic acids is 1. The molecule has 0 radical (unpaired) electrons. The van der Waals surface area contributed by atoms with Gasteiger partial charge in [-0.05, 0) is 43.0 Å². The third kappa shape index (κ3) is 3.16. The summed E-state index contributed by atoms with van der Waals surface area (Å²) in [4.78, 5) is 29.9. The SMILES string of the molecule is CON(C(=O)C1CCc2c(c3ccccc3n2CC(=O)O)C1)c1ccccc1. The highest BCUT2D eigenvalue weighted by Gasteiger charge is 2.33. The zero-order chi connectivity index (χ0) is 19.7. The number of carbonyl (C=O) groups is 2. The minimum atomic E-state index is -0.864. The minimum absolute atomic E-state index is 0.0668. The number of nitrogens with zero attached hydrogens (tertiary/aromatic N) is 2.